The fourth-order valence-electron chi connectivity index (χ4n) is 3.11. The first-order valence-corrected chi connectivity index (χ1v) is 9.83. The summed E-state index contributed by atoms with van der Waals surface area (Å²) in [5.74, 6) is 10.5. The molecule has 0 fully saturated rings. The van der Waals surface area contributed by atoms with Crippen LogP contribution in [0.15, 0.2) is 70.7 Å². The average Bonchev–Trinajstić information content (AvgIpc) is 2.80. The Kier molecular flexibility index (Phi) is 6.90. The van der Waals surface area contributed by atoms with Crippen LogP contribution < -0.4 is 28.0 Å². The van der Waals surface area contributed by atoms with E-state index in [0.29, 0.717) is 38.8 Å². The quantitative estimate of drug-likeness (QED) is 0.203. The standard InChI is InChI=1S/C22H20ClN7O2/c1-13(22(32)27-18-6-3-14(4-7-18)21(28-25)29-26)30-9-8-15(10-20(30)31)19-11-17(23)5-2-16(19)12-24/h2-11,13H,25-26H2,1H3,(H,27,32)(H,28,29). The van der Waals surface area contributed by atoms with Crippen molar-refractivity contribution in [2.45, 2.75) is 13.0 Å². The molecule has 3 aromatic rings. The lowest BCUT2D eigenvalue weighted by molar-refractivity contribution is -0.118. The van der Waals surface area contributed by atoms with E-state index in [-0.39, 0.29) is 11.5 Å². The van der Waals surface area contributed by atoms with Gasteiger partial charge in [-0.1, -0.05) is 11.6 Å². The van der Waals surface area contributed by atoms with Crippen LogP contribution in [0.4, 0.5) is 5.69 Å². The van der Waals surface area contributed by atoms with Gasteiger partial charge < -0.3 is 21.2 Å². The van der Waals surface area contributed by atoms with Gasteiger partial charge in [-0.15, -0.1) is 0 Å². The van der Waals surface area contributed by atoms with E-state index in [1.807, 2.05) is 0 Å². The molecule has 0 bridgehead atoms. The number of nitriles is 1. The van der Waals surface area contributed by atoms with Gasteiger partial charge in [-0.3, -0.25) is 9.59 Å². The van der Waals surface area contributed by atoms with Crippen molar-refractivity contribution >= 4 is 29.0 Å². The number of benzene rings is 2. The molecule has 1 atom stereocenters. The molecule has 1 unspecified atom stereocenters. The van der Waals surface area contributed by atoms with Crippen molar-refractivity contribution in [1.29, 1.82) is 5.26 Å². The summed E-state index contributed by atoms with van der Waals surface area (Å²) in [5.41, 5.74) is 4.65. The minimum Gasteiger partial charge on any atom is -0.324 e. The SMILES string of the molecule is CC(C(=O)Nc1ccc(/C(=N/N)NN)cc1)n1ccc(-c2cc(Cl)ccc2C#N)cc1=O. The summed E-state index contributed by atoms with van der Waals surface area (Å²) in [5, 5.41) is 16.1. The summed E-state index contributed by atoms with van der Waals surface area (Å²) in [6.07, 6.45) is 1.52. The number of hydrazone groups is 1. The number of anilines is 1. The molecule has 0 spiro atoms. The Hall–Kier alpha value is -4.13. The van der Waals surface area contributed by atoms with Crippen LogP contribution in [-0.4, -0.2) is 16.3 Å². The third kappa shape index (κ3) is 4.78. The van der Waals surface area contributed by atoms with Crippen molar-refractivity contribution in [3.63, 3.8) is 0 Å². The van der Waals surface area contributed by atoms with E-state index < -0.39 is 6.04 Å². The van der Waals surface area contributed by atoms with Gasteiger partial charge in [0.1, 0.15) is 6.04 Å². The van der Waals surface area contributed by atoms with E-state index in [1.54, 1.807) is 55.5 Å². The van der Waals surface area contributed by atoms with Crippen LogP contribution in [-0.2, 0) is 4.79 Å². The molecular weight excluding hydrogens is 430 g/mol. The van der Waals surface area contributed by atoms with Crippen molar-refractivity contribution in [3.8, 4) is 17.2 Å². The molecule has 9 nitrogen and oxygen atoms in total. The van der Waals surface area contributed by atoms with Crippen molar-refractivity contribution in [2.24, 2.45) is 16.8 Å². The maximum atomic E-state index is 12.7. The van der Waals surface area contributed by atoms with Crippen molar-refractivity contribution in [1.82, 2.24) is 9.99 Å². The second-order valence-corrected chi connectivity index (χ2v) is 7.26. The number of hydrogen-bond acceptors (Lipinski definition) is 6. The van der Waals surface area contributed by atoms with E-state index >= 15 is 0 Å². The monoisotopic (exact) mass is 449 g/mol. The van der Waals surface area contributed by atoms with Crippen LogP contribution in [0.2, 0.25) is 5.02 Å². The largest absolute Gasteiger partial charge is 0.324 e. The van der Waals surface area contributed by atoms with Crippen LogP contribution in [0, 0.1) is 11.3 Å². The highest BCUT2D eigenvalue weighted by molar-refractivity contribution is 6.30. The minimum atomic E-state index is -0.780. The highest BCUT2D eigenvalue weighted by atomic mass is 35.5. The number of hydrazine groups is 1. The normalized spacial score (nSPS) is 12.0. The van der Waals surface area contributed by atoms with Crippen LogP contribution in [0.5, 0.6) is 0 Å². The Morgan fingerprint density at radius 3 is 2.50 bits per heavy atom. The predicted molar refractivity (Wildman–Crippen MR) is 124 cm³/mol. The molecule has 0 aliphatic heterocycles. The van der Waals surface area contributed by atoms with Crippen molar-refractivity contribution in [3.05, 3.63) is 87.3 Å². The number of nitrogens with one attached hydrogen (secondary N) is 2. The second kappa shape index (κ2) is 9.78. The molecule has 1 heterocycles. The first-order valence-electron chi connectivity index (χ1n) is 9.46. The van der Waals surface area contributed by atoms with Gasteiger partial charge in [-0.25, -0.2) is 5.84 Å². The molecule has 0 aliphatic carbocycles. The summed E-state index contributed by atoms with van der Waals surface area (Å²) in [4.78, 5) is 25.4. The number of aromatic nitrogens is 1. The van der Waals surface area contributed by atoms with Gasteiger partial charge in [-0.05, 0) is 61.0 Å². The smallest absolute Gasteiger partial charge is 0.251 e. The van der Waals surface area contributed by atoms with Gasteiger partial charge >= 0.3 is 0 Å². The zero-order chi connectivity index (χ0) is 23.3. The van der Waals surface area contributed by atoms with Crippen LogP contribution in [0.25, 0.3) is 11.1 Å². The summed E-state index contributed by atoms with van der Waals surface area (Å²) >= 11 is 6.04. The van der Waals surface area contributed by atoms with Crippen LogP contribution >= 0.6 is 11.6 Å². The number of nitrogens with zero attached hydrogens (tertiary/aromatic N) is 3. The van der Waals surface area contributed by atoms with E-state index in [9.17, 15) is 14.9 Å². The molecule has 3 rings (SSSR count). The summed E-state index contributed by atoms with van der Waals surface area (Å²) in [6.45, 7) is 1.61. The lowest BCUT2D eigenvalue weighted by Gasteiger charge is -2.16. The molecule has 0 aliphatic rings. The maximum absolute atomic E-state index is 12.7. The highest BCUT2D eigenvalue weighted by Gasteiger charge is 2.17. The molecule has 1 aromatic heterocycles. The predicted octanol–water partition coefficient (Wildman–Crippen LogP) is 2.32. The number of amides is 1. The van der Waals surface area contributed by atoms with Crippen LogP contribution in [0.1, 0.15) is 24.1 Å². The van der Waals surface area contributed by atoms with Crippen LogP contribution in [0.3, 0.4) is 0 Å². The molecular formula is C22H20ClN7O2. The molecule has 0 radical (unpaired) electrons. The van der Waals surface area contributed by atoms with E-state index in [4.69, 9.17) is 23.3 Å². The van der Waals surface area contributed by atoms with Gasteiger partial charge in [0.25, 0.3) is 5.56 Å². The fourth-order valence-corrected chi connectivity index (χ4v) is 3.28. The van der Waals surface area contributed by atoms with Gasteiger partial charge in [0, 0.05) is 34.1 Å². The summed E-state index contributed by atoms with van der Waals surface area (Å²) < 4.78 is 1.31. The summed E-state index contributed by atoms with van der Waals surface area (Å²) in [7, 11) is 0. The van der Waals surface area contributed by atoms with Gasteiger partial charge in [-0.2, -0.15) is 10.4 Å². The highest BCUT2D eigenvalue weighted by Crippen LogP contribution is 2.26. The number of carbonyl (C=O) groups is 1. The molecule has 32 heavy (non-hydrogen) atoms. The number of carbonyl (C=O) groups excluding carboxylic acids is 1. The number of nitrogens with two attached hydrogens (primary N) is 2. The third-order valence-electron chi connectivity index (χ3n) is 4.85. The van der Waals surface area contributed by atoms with Gasteiger partial charge in [0.05, 0.1) is 11.6 Å². The van der Waals surface area contributed by atoms with E-state index in [1.165, 1.54) is 16.8 Å². The molecule has 0 saturated heterocycles. The molecule has 10 heteroatoms. The topological polar surface area (TPSA) is 151 Å². The maximum Gasteiger partial charge on any atom is 0.251 e. The lowest BCUT2D eigenvalue weighted by atomic mass is 10.0. The Morgan fingerprint density at radius 1 is 1.19 bits per heavy atom. The van der Waals surface area contributed by atoms with Crippen molar-refractivity contribution < 1.29 is 4.79 Å². The summed E-state index contributed by atoms with van der Waals surface area (Å²) in [6, 6.07) is 15.9. The number of amidine groups is 1. The lowest BCUT2D eigenvalue weighted by Crippen LogP contribution is -2.32. The first-order chi connectivity index (χ1) is 15.4. The Labute approximate surface area is 188 Å². The molecule has 2 aromatic carbocycles. The van der Waals surface area contributed by atoms with Gasteiger partial charge in [0.15, 0.2) is 5.84 Å². The number of hydrogen-bond donors (Lipinski definition) is 4. The number of halogens is 1. The Balaban J connectivity index is 1.80. The van der Waals surface area contributed by atoms with Gasteiger partial charge in [0.2, 0.25) is 5.91 Å². The Bertz CT molecular complexity index is 1280. The molecule has 162 valence electrons. The molecule has 0 saturated carbocycles. The van der Waals surface area contributed by atoms with E-state index in [2.05, 4.69) is 21.9 Å². The zero-order valence-corrected chi connectivity index (χ0v) is 17.8. The third-order valence-corrected chi connectivity index (χ3v) is 5.08. The second-order valence-electron chi connectivity index (χ2n) is 6.83. The molecule has 6 N–H and O–H groups in total. The molecule has 1 amide bonds. The average molecular weight is 450 g/mol. The number of pyridine rings is 1. The number of rotatable bonds is 5. The first kappa shape index (κ1) is 22.6. The minimum absolute atomic E-state index is 0.294. The Morgan fingerprint density at radius 2 is 1.91 bits per heavy atom. The fraction of sp³-hybridized carbons (Fsp3) is 0.0909. The van der Waals surface area contributed by atoms with E-state index in [0.717, 1.165) is 0 Å². The zero-order valence-electron chi connectivity index (χ0n) is 17.0. The van der Waals surface area contributed by atoms with Crippen molar-refractivity contribution in [2.75, 3.05) is 5.32 Å².